The molecule has 1 aliphatic heterocycles. The molecule has 0 saturated carbocycles. The first kappa shape index (κ1) is 18.1. The van der Waals surface area contributed by atoms with E-state index in [2.05, 4.69) is 4.98 Å². The van der Waals surface area contributed by atoms with Crippen molar-refractivity contribution in [3.63, 3.8) is 0 Å². The second-order valence-corrected chi connectivity index (χ2v) is 7.03. The monoisotopic (exact) mass is 402 g/mol. The van der Waals surface area contributed by atoms with Crippen molar-refractivity contribution < 1.29 is 18.7 Å². The molecule has 0 unspecified atom stereocenters. The van der Waals surface area contributed by atoms with Crippen molar-refractivity contribution in [2.24, 2.45) is 0 Å². The van der Waals surface area contributed by atoms with Crippen molar-refractivity contribution in [2.75, 3.05) is 0 Å². The number of carboxylic acids is 1. The predicted octanol–water partition coefficient (Wildman–Crippen LogP) is 4.44. The smallest absolute Gasteiger partial charge is 0.335 e. The predicted molar refractivity (Wildman–Crippen MR) is 110 cm³/mol. The molecule has 3 heterocycles. The number of carbonyl (C=O) groups is 1. The van der Waals surface area contributed by atoms with Crippen LogP contribution in [0.3, 0.4) is 0 Å². The van der Waals surface area contributed by atoms with Gasteiger partial charge in [0.2, 0.25) is 0 Å². The molecule has 4 aromatic rings. The number of nitrogens with zero attached hydrogens (tertiary/aromatic N) is 2. The maximum Gasteiger partial charge on any atom is 0.335 e. The fourth-order valence-corrected chi connectivity index (χ4v) is 3.70. The summed E-state index contributed by atoms with van der Waals surface area (Å²) in [5.74, 6) is -0.0327. The van der Waals surface area contributed by atoms with Crippen LogP contribution in [-0.2, 0) is 6.54 Å². The van der Waals surface area contributed by atoms with Gasteiger partial charge in [-0.2, -0.15) is 0 Å². The van der Waals surface area contributed by atoms with Crippen molar-refractivity contribution in [2.45, 2.75) is 13.0 Å². The molecule has 0 amide bonds. The number of rotatable bonds is 3. The van der Waals surface area contributed by atoms with E-state index in [1.165, 1.54) is 24.3 Å². The van der Waals surface area contributed by atoms with Gasteiger partial charge in [-0.25, -0.2) is 14.2 Å². The van der Waals surface area contributed by atoms with Crippen LogP contribution in [0.4, 0.5) is 4.39 Å². The lowest BCUT2D eigenvalue weighted by atomic mass is 10.1. The summed E-state index contributed by atoms with van der Waals surface area (Å²) in [6.07, 6.45) is 2.36. The summed E-state index contributed by atoms with van der Waals surface area (Å²) < 4.78 is 21.4. The second-order valence-electron chi connectivity index (χ2n) is 7.03. The molecule has 0 atom stereocenters. The van der Waals surface area contributed by atoms with E-state index < -0.39 is 5.97 Å². The Bertz CT molecular complexity index is 1410. The van der Waals surface area contributed by atoms with E-state index >= 15 is 0 Å². The quantitative estimate of drug-likeness (QED) is 0.548. The molecule has 7 heteroatoms. The Morgan fingerprint density at radius 2 is 2.00 bits per heavy atom. The van der Waals surface area contributed by atoms with E-state index in [1.54, 1.807) is 41.0 Å². The van der Waals surface area contributed by atoms with Gasteiger partial charge in [-0.15, -0.1) is 0 Å². The van der Waals surface area contributed by atoms with E-state index in [4.69, 9.17) is 4.42 Å². The van der Waals surface area contributed by atoms with Gasteiger partial charge in [0.1, 0.15) is 23.2 Å². The molecule has 1 aliphatic rings. The van der Waals surface area contributed by atoms with E-state index in [-0.39, 0.29) is 16.9 Å². The Labute approximate surface area is 169 Å². The summed E-state index contributed by atoms with van der Waals surface area (Å²) in [4.78, 5) is 28.6. The average molecular weight is 402 g/mol. The van der Waals surface area contributed by atoms with Crippen LogP contribution < -0.4 is 5.56 Å². The Kier molecular flexibility index (Phi) is 4.10. The molecule has 1 N–H and O–H groups in total. The molecule has 2 aromatic heterocycles. The zero-order valence-electron chi connectivity index (χ0n) is 15.6. The number of furan rings is 1. The topological polar surface area (TPSA) is 85.3 Å². The van der Waals surface area contributed by atoms with Gasteiger partial charge in [0.25, 0.3) is 5.56 Å². The van der Waals surface area contributed by atoms with Crippen LogP contribution >= 0.6 is 0 Å². The van der Waals surface area contributed by atoms with Gasteiger partial charge in [-0.3, -0.25) is 9.36 Å². The molecule has 6 nitrogen and oxygen atoms in total. The van der Waals surface area contributed by atoms with Crippen LogP contribution in [0.15, 0.2) is 63.8 Å². The van der Waals surface area contributed by atoms with Crippen molar-refractivity contribution in [1.29, 1.82) is 0 Å². The highest BCUT2D eigenvalue weighted by atomic mass is 19.1. The Morgan fingerprint density at radius 3 is 2.80 bits per heavy atom. The third kappa shape index (κ3) is 2.91. The Hall–Kier alpha value is -4.00. The van der Waals surface area contributed by atoms with Crippen molar-refractivity contribution in [1.82, 2.24) is 9.55 Å². The summed E-state index contributed by atoms with van der Waals surface area (Å²) in [6.45, 7) is 0.477. The molecule has 30 heavy (non-hydrogen) atoms. The average Bonchev–Trinajstić information content (AvgIpc) is 3.36. The standard InChI is InChI=1S/C23H15FN2O4/c24-18-4-2-1-3-16(18)20-8-6-15(30-20)11-13-9-10-26-21(13)25-19-12-14(23(28)29)5-7-17(19)22(26)27/h1-8,11-12H,9-10H2,(H,28,29)/b13-11+. The van der Waals surface area contributed by atoms with Crippen LogP contribution in [0.25, 0.3) is 33.9 Å². The highest BCUT2D eigenvalue weighted by Gasteiger charge is 2.22. The number of carboxylic acid groups (broad SMARTS) is 1. The SMILES string of the molecule is O=C(O)c1ccc2c(=O)n3c(nc2c1)/C(=C/c1ccc(-c2ccccc2F)o1)CC3. The maximum atomic E-state index is 14.0. The van der Waals surface area contributed by atoms with E-state index in [9.17, 15) is 19.1 Å². The number of halogens is 1. The van der Waals surface area contributed by atoms with Crippen LogP contribution in [0, 0.1) is 5.82 Å². The Balaban J connectivity index is 1.58. The van der Waals surface area contributed by atoms with E-state index in [0.717, 1.165) is 5.57 Å². The van der Waals surface area contributed by atoms with Gasteiger partial charge in [0, 0.05) is 12.1 Å². The maximum absolute atomic E-state index is 14.0. The van der Waals surface area contributed by atoms with Crippen molar-refractivity contribution in [3.05, 3.63) is 87.9 Å². The van der Waals surface area contributed by atoms with Crippen LogP contribution in [-0.4, -0.2) is 20.6 Å². The van der Waals surface area contributed by atoms with E-state index in [1.807, 2.05) is 0 Å². The summed E-state index contributed by atoms with van der Waals surface area (Å²) in [5, 5.41) is 9.59. The van der Waals surface area contributed by atoms with Gasteiger partial charge in [-0.05, 0) is 55.0 Å². The number of aromatic nitrogens is 2. The minimum absolute atomic E-state index is 0.0726. The fraction of sp³-hybridized carbons (Fsp3) is 0.0870. The summed E-state index contributed by atoms with van der Waals surface area (Å²) in [7, 11) is 0. The molecule has 0 bridgehead atoms. The lowest BCUT2D eigenvalue weighted by Crippen LogP contribution is -2.20. The zero-order chi connectivity index (χ0) is 20.8. The van der Waals surface area contributed by atoms with Crippen LogP contribution in [0.5, 0.6) is 0 Å². The number of fused-ring (bicyclic) bond motifs is 2. The van der Waals surface area contributed by atoms with Gasteiger partial charge in [0.05, 0.1) is 22.0 Å². The minimum Gasteiger partial charge on any atom is -0.478 e. The molecule has 2 aromatic carbocycles. The number of hydrogen-bond donors (Lipinski definition) is 1. The number of allylic oxidation sites excluding steroid dienone is 1. The molecule has 0 spiro atoms. The molecule has 0 fully saturated rings. The second kappa shape index (κ2) is 6.81. The van der Waals surface area contributed by atoms with Crippen molar-refractivity contribution in [3.8, 4) is 11.3 Å². The number of benzene rings is 2. The molecule has 0 aliphatic carbocycles. The molecular weight excluding hydrogens is 387 g/mol. The van der Waals surface area contributed by atoms with Gasteiger partial charge < -0.3 is 9.52 Å². The third-order valence-corrected chi connectivity index (χ3v) is 5.18. The zero-order valence-corrected chi connectivity index (χ0v) is 15.6. The molecule has 0 radical (unpaired) electrons. The van der Waals surface area contributed by atoms with Gasteiger partial charge in [0.15, 0.2) is 0 Å². The highest BCUT2D eigenvalue weighted by molar-refractivity contribution is 5.93. The van der Waals surface area contributed by atoms with Gasteiger partial charge >= 0.3 is 5.97 Å². The number of hydrogen-bond acceptors (Lipinski definition) is 4. The lowest BCUT2D eigenvalue weighted by Gasteiger charge is -2.06. The molecular formula is C23H15FN2O4. The summed E-state index contributed by atoms with van der Waals surface area (Å²) in [6, 6.07) is 14.1. The minimum atomic E-state index is -1.08. The normalized spacial score (nSPS) is 14.4. The first-order valence-electron chi connectivity index (χ1n) is 9.35. The third-order valence-electron chi connectivity index (χ3n) is 5.18. The number of aromatic carboxylic acids is 1. The first-order chi connectivity index (χ1) is 14.5. The first-order valence-corrected chi connectivity index (χ1v) is 9.35. The highest BCUT2D eigenvalue weighted by Crippen LogP contribution is 2.30. The summed E-state index contributed by atoms with van der Waals surface area (Å²) >= 11 is 0. The fourth-order valence-electron chi connectivity index (χ4n) is 3.70. The largest absolute Gasteiger partial charge is 0.478 e. The molecule has 5 rings (SSSR count). The molecule has 148 valence electrons. The lowest BCUT2D eigenvalue weighted by molar-refractivity contribution is 0.0697. The van der Waals surface area contributed by atoms with E-state index in [0.29, 0.717) is 46.8 Å². The molecule has 0 saturated heterocycles. The van der Waals surface area contributed by atoms with Crippen LogP contribution in [0.2, 0.25) is 0 Å². The summed E-state index contributed by atoms with van der Waals surface area (Å²) in [5.41, 5.74) is 1.37. The van der Waals surface area contributed by atoms with Crippen molar-refractivity contribution >= 4 is 28.5 Å². The Morgan fingerprint density at radius 1 is 1.17 bits per heavy atom. The van der Waals surface area contributed by atoms with Crippen LogP contribution in [0.1, 0.15) is 28.4 Å². The van der Waals surface area contributed by atoms with Gasteiger partial charge in [-0.1, -0.05) is 12.1 Å².